The van der Waals surface area contributed by atoms with Gasteiger partial charge in [0.25, 0.3) is 0 Å². The second-order valence-electron chi connectivity index (χ2n) is 5.37. The van der Waals surface area contributed by atoms with Crippen LogP contribution in [0.1, 0.15) is 32.1 Å². The summed E-state index contributed by atoms with van der Waals surface area (Å²) in [6, 6.07) is 0. The number of carboxylic acid groups (broad SMARTS) is 1. The van der Waals surface area contributed by atoms with E-state index in [9.17, 15) is 14.7 Å². The Bertz CT molecular complexity index is 322. The van der Waals surface area contributed by atoms with Gasteiger partial charge in [-0.15, -0.1) is 0 Å². The Morgan fingerprint density at radius 2 is 1.88 bits per heavy atom. The topological polar surface area (TPSA) is 86.6 Å². The van der Waals surface area contributed by atoms with E-state index in [2.05, 4.69) is 5.32 Å². The third-order valence-electron chi connectivity index (χ3n) is 4.08. The Kier molecular flexibility index (Phi) is 3.38. The average molecular weight is 241 g/mol. The highest BCUT2D eigenvalue weighted by Crippen LogP contribution is 2.40. The molecule has 0 bridgehead atoms. The van der Waals surface area contributed by atoms with Gasteiger partial charge >= 0.3 is 5.97 Å². The van der Waals surface area contributed by atoms with Crippen molar-refractivity contribution in [2.24, 2.45) is 17.3 Å². The predicted octanol–water partition coefficient (Wildman–Crippen LogP) is 0.376. The lowest BCUT2D eigenvalue weighted by Gasteiger charge is -2.26. The van der Waals surface area contributed by atoms with Gasteiger partial charge in [0.15, 0.2) is 0 Å². The number of carbonyl (C=O) groups is 2. The van der Waals surface area contributed by atoms with Crippen molar-refractivity contribution in [1.82, 2.24) is 5.32 Å². The van der Waals surface area contributed by atoms with Crippen LogP contribution in [0.15, 0.2) is 0 Å². The second-order valence-corrected chi connectivity index (χ2v) is 5.37. The summed E-state index contributed by atoms with van der Waals surface area (Å²) in [7, 11) is 0. The molecule has 96 valence electrons. The van der Waals surface area contributed by atoms with Crippen molar-refractivity contribution in [3.8, 4) is 0 Å². The molecule has 3 N–H and O–H groups in total. The number of aliphatic hydroxyl groups excluding tert-OH is 1. The zero-order valence-electron chi connectivity index (χ0n) is 9.82. The highest BCUT2D eigenvalue weighted by Gasteiger charge is 2.48. The number of hydrogen-bond donors (Lipinski definition) is 3. The molecule has 0 aliphatic heterocycles. The van der Waals surface area contributed by atoms with Crippen LogP contribution >= 0.6 is 0 Å². The lowest BCUT2D eigenvalue weighted by atomic mass is 9.87. The lowest BCUT2D eigenvalue weighted by molar-refractivity contribution is -0.140. The molecule has 2 atom stereocenters. The third-order valence-corrected chi connectivity index (χ3v) is 4.08. The lowest BCUT2D eigenvalue weighted by Crippen LogP contribution is -2.39. The van der Waals surface area contributed by atoms with E-state index in [0.717, 1.165) is 25.7 Å². The van der Waals surface area contributed by atoms with Gasteiger partial charge < -0.3 is 15.5 Å². The van der Waals surface area contributed by atoms with E-state index in [4.69, 9.17) is 5.11 Å². The summed E-state index contributed by atoms with van der Waals surface area (Å²) in [5, 5.41) is 20.9. The largest absolute Gasteiger partial charge is 0.481 e. The minimum atomic E-state index is -0.886. The SMILES string of the molecule is O=C(O)[C@H]1C[C@H]1C(=O)NCC1(CO)CCCC1. The first-order chi connectivity index (χ1) is 8.08. The summed E-state index contributed by atoms with van der Waals surface area (Å²) in [6.45, 7) is 0.575. The summed E-state index contributed by atoms with van der Waals surface area (Å²) >= 11 is 0. The van der Waals surface area contributed by atoms with Gasteiger partial charge in [-0.25, -0.2) is 0 Å². The summed E-state index contributed by atoms with van der Waals surface area (Å²) in [5.41, 5.74) is -0.163. The fraction of sp³-hybridized carbons (Fsp3) is 0.833. The number of nitrogens with one attached hydrogen (secondary N) is 1. The molecule has 0 saturated heterocycles. The van der Waals surface area contributed by atoms with E-state index in [-0.39, 0.29) is 23.8 Å². The van der Waals surface area contributed by atoms with Gasteiger partial charge in [0, 0.05) is 12.0 Å². The molecule has 0 unspecified atom stereocenters. The van der Waals surface area contributed by atoms with Crippen LogP contribution in [0.5, 0.6) is 0 Å². The smallest absolute Gasteiger partial charge is 0.307 e. The van der Waals surface area contributed by atoms with Crippen molar-refractivity contribution in [3.63, 3.8) is 0 Å². The number of carbonyl (C=O) groups excluding carboxylic acids is 1. The Morgan fingerprint density at radius 3 is 2.35 bits per heavy atom. The number of rotatable bonds is 5. The first kappa shape index (κ1) is 12.4. The van der Waals surface area contributed by atoms with Crippen LogP contribution in [0, 0.1) is 17.3 Å². The number of carboxylic acids is 1. The maximum absolute atomic E-state index is 11.7. The Morgan fingerprint density at radius 1 is 1.24 bits per heavy atom. The van der Waals surface area contributed by atoms with Crippen molar-refractivity contribution in [1.29, 1.82) is 0 Å². The van der Waals surface area contributed by atoms with Crippen LogP contribution in [-0.2, 0) is 9.59 Å². The zero-order valence-corrected chi connectivity index (χ0v) is 9.82. The first-order valence-corrected chi connectivity index (χ1v) is 6.19. The van der Waals surface area contributed by atoms with Crippen molar-refractivity contribution in [2.45, 2.75) is 32.1 Å². The van der Waals surface area contributed by atoms with Gasteiger partial charge in [0.2, 0.25) is 5.91 Å². The van der Waals surface area contributed by atoms with Gasteiger partial charge in [-0.05, 0) is 19.3 Å². The molecule has 2 saturated carbocycles. The quantitative estimate of drug-likeness (QED) is 0.649. The molecule has 2 rings (SSSR count). The van der Waals surface area contributed by atoms with Crippen LogP contribution in [0.3, 0.4) is 0 Å². The normalized spacial score (nSPS) is 29.9. The Hall–Kier alpha value is -1.10. The molecule has 2 aliphatic rings. The Balaban J connectivity index is 1.78. The molecule has 0 heterocycles. The number of hydrogen-bond acceptors (Lipinski definition) is 3. The van der Waals surface area contributed by atoms with Gasteiger partial charge in [-0.2, -0.15) is 0 Å². The van der Waals surface area contributed by atoms with E-state index in [1.807, 2.05) is 0 Å². The van der Waals surface area contributed by atoms with Crippen LogP contribution in [-0.4, -0.2) is 35.2 Å². The fourth-order valence-corrected chi connectivity index (χ4v) is 2.68. The van der Waals surface area contributed by atoms with Crippen molar-refractivity contribution in [3.05, 3.63) is 0 Å². The standard InChI is InChI=1S/C12H19NO4/c14-7-12(3-1-2-4-12)6-13-10(15)8-5-9(8)11(16)17/h8-9,14H,1-7H2,(H,13,15)(H,16,17)/t8-,9+/m1/s1. The predicted molar refractivity (Wildman–Crippen MR) is 60.2 cm³/mol. The number of amides is 1. The molecule has 2 fully saturated rings. The minimum Gasteiger partial charge on any atom is -0.481 e. The zero-order chi connectivity index (χ0) is 12.5. The second kappa shape index (κ2) is 4.64. The summed E-state index contributed by atoms with van der Waals surface area (Å²) in [5.74, 6) is -1.91. The Labute approximate surface area is 100 Å². The van der Waals surface area contributed by atoms with E-state index >= 15 is 0 Å². The molecular weight excluding hydrogens is 222 g/mol. The molecule has 0 radical (unpaired) electrons. The molecule has 0 aromatic heterocycles. The molecule has 5 nitrogen and oxygen atoms in total. The highest BCUT2D eigenvalue weighted by molar-refractivity contribution is 5.89. The average Bonchev–Trinajstić information content (AvgIpc) is 2.99. The number of aliphatic carboxylic acids is 1. The highest BCUT2D eigenvalue weighted by atomic mass is 16.4. The van der Waals surface area contributed by atoms with Crippen LogP contribution in [0.2, 0.25) is 0 Å². The molecule has 0 aromatic rings. The maximum Gasteiger partial charge on any atom is 0.307 e. The van der Waals surface area contributed by atoms with Gasteiger partial charge in [0.05, 0.1) is 18.4 Å². The first-order valence-electron chi connectivity index (χ1n) is 6.19. The van der Waals surface area contributed by atoms with E-state index in [0.29, 0.717) is 13.0 Å². The molecule has 0 spiro atoms. The molecule has 17 heavy (non-hydrogen) atoms. The van der Waals surface area contributed by atoms with E-state index in [1.54, 1.807) is 0 Å². The van der Waals surface area contributed by atoms with Crippen LogP contribution in [0.25, 0.3) is 0 Å². The summed E-state index contributed by atoms with van der Waals surface area (Å²) in [6.07, 6.45) is 4.52. The summed E-state index contributed by atoms with van der Waals surface area (Å²) < 4.78 is 0. The fourth-order valence-electron chi connectivity index (χ4n) is 2.68. The van der Waals surface area contributed by atoms with Crippen molar-refractivity contribution >= 4 is 11.9 Å². The molecule has 5 heteroatoms. The number of aliphatic hydroxyl groups is 1. The maximum atomic E-state index is 11.7. The van der Waals surface area contributed by atoms with Gasteiger partial charge in [-0.3, -0.25) is 9.59 Å². The summed E-state index contributed by atoms with van der Waals surface area (Å²) in [4.78, 5) is 22.3. The molecule has 2 aliphatic carbocycles. The van der Waals surface area contributed by atoms with E-state index in [1.165, 1.54) is 0 Å². The molecule has 0 aromatic carbocycles. The monoisotopic (exact) mass is 241 g/mol. The third kappa shape index (κ3) is 2.60. The van der Waals surface area contributed by atoms with Crippen LogP contribution in [0.4, 0.5) is 0 Å². The molecular formula is C12H19NO4. The van der Waals surface area contributed by atoms with Crippen LogP contribution < -0.4 is 5.32 Å². The van der Waals surface area contributed by atoms with E-state index < -0.39 is 11.9 Å². The van der Waals surface area contributed by atoms with Crippen molar-refractivity contribution in [2.75, 3.05) is 13.2 Å². The molecule has 1 amide bonds. The minimum absolute atomic E-state index is 0.0975. The van der Waals surface area contributed by atoms with Crippen molar-refractivity contribution < 1.29 is 19.8 Å². The van der Waals surface area contributed by atoms with Gasteiger partial charge in [0.1, 0.15) is 0 Å². The van der Waals surface area contributed by atoms with Gasteiger partial charge in [-0.1, -0.05) is 12.8 Å².